The number of rotatable bonds is 0. The van der Waals surface area contributed by atoms with Crippen molar-refractivity contribution in [1.82, 2.24) is 0 Å². The van der Waals surface area contributed by atoms with Crippen LogP contribution in [0.2, 0.25) is 0 Å². The highest BCUT2D eigenvalue weighted by Crippen LogP contribution is 2.56. The Hall–Kier alpha value is -1.22. The minimum atomic E-state index is -0.981. The van der Waals surface area contributed by atoms with E-state index in [1.807, 2.05) is 19.1 Å². The van der Waals surface area contributed by atoms with Gasteiger partial charge in [-0.05, 0) is 24.5 Å². The van der Waals surface area contributed by atoms with Gasteiger partial charge in [0.15, 0.2) is 11.6 Å². The van der Waals surface area contributed by atoms with Crippen molar-refractivity contribution in [3.05, 3.63) is 23.3 Å². The molecular formula is C12H12O3. The zero-order valence-corrected chi connectivity index (χ0v) is 8.49. The number of Topliss-reactive ketones (excluding diaryl/α,β-unsaturated/α-hetero) is 2. The molecule has 3 heteroatoms. The molecule has 1 N–H and O–H groups in total. The van der Waals surface area contributed by atoms with Crippen LogP contribution in [0.3, 0.4) is 0 Å². The van der Waals surface area contributed by atoms with Crippen LogP contribution in [0.15, 0.2) is 23.3 Å². The predicted molar refractivity (Wildman–Crippen MR) is 53.0 cm³/mol. The first-order valence-electron chi connectivity index (χ1n) is 5.22. The molecule has 3 atom stereocenters. The first-order chi connectivity index (χ1) is 7.09. The van der Waals surface area contributed by atoms with Crippen LogP contribution in [-0.4, -0.2) is 22.8 Å². The summed E-state index contributed by atoms with van der Waals surface area (Å²) >= 11 is 0. The summed E-state index contributed by atoms with van der Waals surface area (Å²) in [4.78, 5) is 23.4. The Balaban J connectivity index is 2.19. The molecule has 1 spiro atoms. The van der Waals surface area contributed by atoms with Gasteiger partial charge in [-0.1, -0.05) is 12.2 Å². The van der Waals surface area contributed by atoms with Crippen molar-refractivity contribution in [3.8, 4) is 0 Å². The second-order valence-corrected chi connectivity index (χ2v) is 4.64. The van der Waals surface area contributed by atoms with Crippen molar-refractivity contribution in [2.24, 2.45) is 11.3 Å². The third kappa shape index (κ3) is 0.851. The van der Waals surface area contributed by atoms with Crippen molar-refractivity contribution in [2.75, 3.05) is 0 Å². The van der Waals surface area contributed by atoms with Crippen LogP contribution >= 0.6 is 0 Å². The smallest absolute Gasteiger partial charge is 0.179 e. The highest BCUT2D eigenvalue weighted by Gasteiger charge is 2.65. The Bertz CT molecular complexity index is 444. The van der Waals surface area contributed by atoms with Crippen LogP contribution in [0.5, 0.6) is 0 Å². The first-order valence-corrected chi connectivity index (χ1v) is 5.22. The minimum Gasteiger partial charge on any atom is -0.385 e. The number of ketones is 2. The van der Waals surface area contributed by atoms with Gasteiger partial charge in [-0.3, -0.25) is 9.59 Å². The van der Waals surface area contributed by atoms with E-state index in [1.165, 1.54) is 0 Å². The second-order valence-electron chi connectivity index (χ2n) is 4.64. The fourth-order valence-corrected chi connectivity index (χ4v) is 2.92. The lowest BCUT2D eigenvalue weighted by Crippen LogP contribution is -2.41. The fraction of sp³-hybridized carbons (Fsp3) is 0.500. The molecule has 0 heterocycles. The summed E-state index contributed by atoms with van der Waals surface area (Å²) in [6.45, 7) is 1.85. The van der Waals surface area contributed by atoms with E-state index in [1.54, 1.807) is 0 Å². The normalized spacial score (nSPS) is 42.8. The number of aliphatic hydroxyl groups is 1. The van der Waals surface area contributed by atoms with Gasteiger partial charge in [0.1, 0.15) is 11.5 Å². The average molecular weight is 204 g/mol. The van der Waals surface area contributed by atoms with Gasteiger partial charge in [0, 0.05) is 12.3 Å². The summed E-state index contributed by atoms with van der Waals surface area (Å²) in [6, 6.07) is 0. The summed E-state index contributed by atoms with van der Waals surface area (Å²) in [5.41, 5.74) is 0.953. The highest BCUT2D eigenvalue weighted by molar-refractivity contribution is 6.24. The molecule has 3 nitrogen and oxygen atoms in total. The Labute approximate surface area is 87.5 Å². The molecule has 3 rings (SSSR count). The zero-order valence-electron chi connectivity index (χ0n) is 8.49. The number of aliphatic hydroxyl groups excluding tert-OH is 1. The summed E-state index contributed by atoms with van der Waals surface area (Å²) in [7, 11) is 0. The van der Waals surface area contributed by atoms with Gasteiger partial charge in [0.2, 0.25) is 0 Å². The molecule has 78 valence electrons. The van der Waals surface area contributed by atoms with Crippen LogP contribution in [0.1, 0.15) is 19.8 Å². The quantitative estimate of drug-likeness (QED) is 0.593. The summed E-state index contributed by atoms with van der Waals surface area (Å²) in [5.74, 6) is -0.408. The van der Waals surface area contributed by atoms with Crippen molar-refractivity contribution in [2.45, 2.75) is 25.9 Å². The molecule has 0 amide bonds. The lowest BCUT2D eigenvalue weighted by atomic mass is 9.73. The van der Waals surface area contributed by atoms with Crippen molar-refractivity contribution in [3.63, 3.8) is 0 Å². The monoisotopic (exact) mass is 204 g/mol. The molecule has 0 aliphatic heterocycles. The molecule has 1 unspecified atom stereocenters. The van der Waals surface area contributed by atoms with Crippen LogP contribution in [0, 0.1) is 11.3 Å². The standard InChI is InChI=1S/C12H12O3/c1-6-7-3-2-4-8(7)10(14)11(15)12(6)5-9(12)13/h2-3,8,10,14H,4-5H2,1H3/t8-,10-,12?/m1/s1. The van der Waals surface area contributed by atoms with Crippen LogP contribution in [0.4, 0.5) is 0 Å². The molecule has 0 aromatic rings. The number of hydrogen-bond acceptors (Lipinski definition) is 3. The van der Waals surface area contributed by atoms with E-state index in [0.29, 0.717) is 12.8 Å². The molecule has 15 heavy (non-hydrogen) atoms. The number of hydrogen-bond donors (Lipinski definition) is 1. The molecule has 0 aromatic heterocycles. The van der Waals surface area contributed by atoms with Crippen molar-refractivity contribution < 1.29 is 14.7 Å². The maximum absolute atomic E-state index is 11.9. The summed E-state index contributed by atoms with van der Waals surface area (Å²) in [5, 5.41) is 9.88. The van der Waals surface area contributed by atoms with Gasteiger partial charge in [-0.2, -0.15) is 0 Å². The third-order valence-electron chi connectivity index (χ3n) is 4.01. The SMILES string of the molecule is CC1=C2C=CC[C@H]2[C@@H](O)C(=O)C12CC2=O. The van der Waals surface area contributed by atoms with Crippen molar-refractivity contribution in [1.29, 1.82) is 0 Å². The third-order valence-corrected chi connectivity index (χ3v) is 4.01. The lowest BCUT2D eigenvalue weighted by molar-refractivity contribution is -0.136. The van der Waals surface area contributed by atoms with Gasteiger partial charge in [-0.25, -0.2) is 0 Å². The fourth-order valence-electron chi connectivity index (χ4n) is 2.92. The van der Waals surface area contributed by atoms with Crippen molar-refractivity contribution >= 4 is 11.6 Å². The molecule has 1 saturated carbocycles. The summed E-state index contributed by atoms with van der Waals surface area (Å²) < 4.78 is 0. The van der Waals surface area contributed by atoms with Crippen LogP contribution in [-0.2, 0) is 9.59 Å². The number of allylic oxidation sites excluding steroid dienone is 3. The average Bonchev–Trinajstić information content (AvgIpc) is 2.68. The van der Waals surface area contributed by atoms with E-state index < -0.39 is 11.5 Å². The Kier molecular flexibility index (Phi) is 1.49. The number of fused-ring (bicyclic) bond motifs is 1. The molecule has 3 aliphatic carbocycles. The highest BCUT2D eigenvalue weighted by atomic mass is 16.3. The lowest BCUT2D eigenvalue weighted by Gasteiger charge is -2.30. The molecule has 0 saturated heterocycles. The minimum absolute atomic E-state index is 0.0321. The van der Waals surface area contributed by atoms with E-state index >= 15 is 0 Å². The molecule has 3 aliphatic rings. The maximum Gasteiger partial charge on any atom is 0.179 e. The Morgan fingerprint density at radius 3 is 2.73 bits per heavy atom. The molecular weight excluding hydrogens is 192 g/mol. The Morgan fingerprint density at radius 2 is 2.13 bits per heavy atom. The molecule has 0 bridgehead atoms. The van der Waals surface area contributed by atoms with Crippen LogP contribution in [0.25, 0.3) is 0 Å². The predicted octanol–water partition coefficient (Wildman–Crippen LogP) is 0.782. The molecule has 1 fully saturated rings. The number of carbonyl (C=O) groups is 2. The van der Waals surface area contributed by atoms with Gasteiger partial charge in [0.25, 0.3) is 0 Å². The second kappa shape index (κ2) is 2.47. The van der Waals surface area contributed by atoms with Gasteiger partial charge in [0.05, 0.1) is 0 Å². The number of carbonyl (C=O) groups excluding carboxylic acids is 2. The maximum atomic E-state index is 11.9. The summed E-state index contributed by atoms with van der Waals surface area (Å²) in [6.07, 6.45) is 3.93. The van der Waals surface area contributed by atoms with Gasteiger partial charge in [-0.15, -0.1) is 0 Å². The molecule has 0 radical (unpaired) electrons. The van der Waals surface area contributed by atoms with Crippen LogP contribution < -0.4 is 0 Å². The van der Waals surface area contributed by atoms with E-state index in [4.69, 9.17) is 0 Å². The van der Waals surface area contributed by atoms with Gasteiger partial charge >= 0.3 is 0 Å². The van der Waals surface area contributed by atoms with E-state index in [9.17, 15) is 14.7 Å². The van der Waals surface area contributed by atoms with E-state index in [2.05, 4.69) is 0 Å². The zero-order chi connectivity index (χ0) is 10.8. The molecule has 0 aromatic carbocycles. The largest absolute Gasteiger partial charge is 0.385 e. The first kappa shape index (κ1) is 9.04. The van der Waals surface area contributed by atoms with E-state index in [-0.39, 0.29) is 17.5 Å². The van der Waals surface area contributed by atoms with E-state index in [0.717, 1.165) is 11.1 Å². The Morgan fingerprint density at radius 1 is 1.47 bits per heavy atom. The topological polar surface area (TPSA) is 54.4 Å². The van der Waals surface area contributed by atoms with Gasteiger partial charge < -0.3 is 5.11 Å².